The lowest BCUT2D eigenvalue weighted by Crippen LogP contribution is -2.09. The average molecular weight is 469 g/mol. The minimum absolute atomic E-state index is 0.211. The SMILES string of the molecule is Nc1ccccc1NC(=O)C=Cc1ccc(CNc2cccc(I)c2)cc1. The van der Waals surface area contributed by atoms with Gasteiger partial charge in [0, 0.05) is 21.9 Å². The fraction of sp³-hybridized carbons (Fsp3) is 0.0455. The van der Waals surface area contributed by atoms with Crippen molar-refractivity contribution in [3.63, 3.8) is 0 Å². The molecule has 1 amide bonds. The van der Waals surface area contributed by atoms with Crippen LogP contribution in [0.25, 0.3) is 6.08 Å². The molecule has 27 heavy (non-hydrogen) atoms. The third-order valence-corrected chi connectivity index (χ3v) is 4.62. The van der Waals surface area contributed by atoms with Gasteiger partial charge in [-0.25, -0.2) is 0 Å². The normalized spacial score (nSPS) is 10.7. The second-order valence-electron chi connectivity index (χ2n) is 6.02. The Morgan fingerprint density at radius 1 is 1.00 bits per heavy atom. The van der Waals surface area contributed by atoms with Crippen molar-refractivity contribution in [3.05, 3.63) is 93.6 Å². The van der Waals surface area contributed by atoms with Gasteiger partial charge in [-0.15, -0.1) is 0 Å². The van der Waals surface area contributed by atoms with Crippen LogP contribution >= 0.6 is 22.6 Å². The number of anilines is 3. The predicted molar refractivity (Wildman–Crippen MR) is 121 cm³/mol. The number of rotatable bonds is 6. The molecule has 5 heteroatoms. The molecule has 0 fully saturated rings. The van der Waals surface area contributed by atoms with Crippen molar-refractivity contribution in [1.29, 1.82) is 0 Å². The molecule has 3 aromatic rings. The second-order valence-corrected chi connectivity index (χ2v) is 7.26. The van der Waals surface area contributed by atoms with Gasteiger partial charge in [-0.1, -0.05) is 42.5 Å². The smallest absolute Gasteiger partial charge is 0.248 e. The topological polar surface area (TPSA) is 67.1 Å². The van der Waals surface area contributed by atoms with Gasteiger partial charge >= 0.3 is 0 Å². The van der Waals surface area contributed by atoms with Crippen molar-refractivity contribution in [2.45, 2.75) is 6.54 Å². The zero-order valence-corrected chi connectivity index (χ0v) is 16.8. The van der Waals surface area contributed by atoms with Gasteiger partial charge in [0.2, 0.25) is 5.91 Å². The summed E-state index contributed by atoms with van der Waals surface area (Å²) in [5.41, 5.74) is 10.2. The minimum atomic E-state index is -0.211. The van der Waals surface area contributed by atoms with Gasteiger partial charge in [-0.2, -0.15) is 0 Å². The number of halogens is 1. The molecule has 0 bridgehead atoms. The summed E-state index contributed by atoms with van der Waals surface area (Å²) in [6, 6.07) is 23.5. The first kappa shape index (κ1) is 19.0. The van der Waals surface area contributed by atoms with E-state index in [-0.39, 0.29) is 5.91 Å². The molecule has 0 saturated carbocycles. The summed E-state index contributed by atoms with van der Waals surface area (Å²) in [5.74, 6) is -0.211. The van der Waals surface area contributed by atoms with Gasteiger partial charge in [-0.05, 0) is 70.1 Å². The Morgan fingerprint density at radius 2 is 1.78 bits per heavy atom. The van der Waals surface area contributed by atoms with Crippen LogP contribution in [-0.4, -0.2) is 5.91 Å². The molecule has 0 aliphatic carbocycles. The van der Waals surface area contributed by atoms with Gasteiger partial charge in [-0.3, -0.25) is 4.79 Å². The molecule has 3 aromatic carbocycles. The highest BCUT2D eigenvalue weighted by molar-refractivity contribution is 14.1. The van der Waals surface area contributed by atoms with Crippen LogP contribution in [0.15, 0.2) is 78.9 Å². The first-order valence-corrected chi connectivity index (χ1v) is 9.60. The fourth-order valence-corrected chi connectivity index (χ4v) is 3.05. The molecule has 0 unspecified atom stereocenters. The lowest BCUT2D eigenvalue weighted by Gasteiger charge is -2.07. The first-order chi connectivity index (χ1) is 13.1. The molecule has 0 aliphatic rings. The van der Waals surface area contributed by atoms with Crippen LogP contribution in [0.4, 0.5) is 17.1 Å². The molecule has 0 saturated heterocycles. The number of carbonyl (C=O) groups is 1. The van der Waals surface area contributed by atoms with Crippen molar-refractivity contribution in [1.82, 2.24) is 0 Å². The van der Waals surface area contributed by atoms with E-state index in [1.165, 1.54) is 15.2 Å². The van der Waals surface area contributed by atoms with E-state index in [1.54, 1.807) is 18.2 Å². The van der Waals surface area contributed by atoms with E-state index in [4.69, 9.17) is 5.73 Å². The monoisotopic (exact) mass is 469 g/mol. The zero-order valence-electron chi connectivity index (χ0n) is 14.7. The van der Waals surface area contributed by atoms with Crippen LogP contribution < -0.4 is 16.4 Å². The summed E-state index contributed by atoms with van der Waals surface area (Å²) < 4.78 is 1.20. The minimum Gasteiger partial charge on any atom is -0.397 e. The number of hydrogen-bond acceptors (Lipinski definition) is 3. The predicted octanol–water partition coefficient (Wildman–Crippen LogP) is 5.14. The Bertz CT molecular complexity index is 952. The third kappa shape index (κ3) is 5.86. The van der Waals surface area contributed by atoms with E-state index < -0.39 is 0 Å². The fourth-order valence-electron chi connectivity index (χ4n) is 2.51. The molecule has 4 nitrogen and oxygen atoms in total. The summed E-state index contributed by atoms with van der Waals surface area (Å²) in [6.45, 7) is 0.748. The standard InChI is InChI=1S/C22H20IN3O/c23-18-4-3-5-19(14-18)25-15-17-10-8-16(9-11-17)12-13-22(27)26-21-7-2-1-6-20(21)24/h1-14,25H,15,24H2,(H,26,27). The summed E-state index contributed by atoms with van der Waals surface area (Å²) in [7, 11) is 0. The van der Waals surface area contributed by atoms with E-state index in [0.29, 0.717) is 11.4 Å². The Morgan fingerprint density at radius 3 is 2.52 bits per heavy atom. The second kappa shape index (κ2) is 9.23. The van der Waals surface area contributed by atoms with Crippen LogP contribution in [0.1, 0.15) is 11.1 Å². The molecule has 0 atom stereocenters. The van der Waals surface area contributed by atoms with Crippen molar-refractivity contribution in [2.75, 3.05) is 16.4 Å². The summed E-state index contributed by atoms with van der Waals surface area (Å²) in [5, 5.41) is 6.18. The maximum atomic E-state index is 12.0. The van der Waals surface area contributed by atoms with Crippen LogP contribution in [0.2, 0.25) is 0 Å². The Labute approximate surface area is 172 Å². The summed E-state index contributed by atoms with van der Waals surface area (Å²) >= 11 is 2.30. The number of carbonyl (C=O) groups excluding carboxylic acids is 1. The molecule has 0 radical (unpaired) electrons. The zero-order chi connectivity index (χ0) is 19.1. The highest BCUT2D eigenvalue weighted by Crippen LogP contribution is 2.17. The largest absolute Gasteiger partial charge is 0.397 e. The highest BCUT2D eigenvalue weighted by atomic mass is 127. The number of benzene rings is 3. The van der Waals surface area contributed by atoms with Gasteiger partial charge in [0.25, 0.3) is 0 Å². The molecule has 0 aromatic heterocycles. The van der Waals surface area contributed by atoms with Gasteiger partial charge in [0.1, 0.15) is 0 Å². The Hall–Kier alpha value is -2.80. The molecule has 3 rings (SSSR count). The highest BCUT2D eigenvalue weighted by Gasteiger charge is 2.01. The lowest BCUT2D eigenvalue weighted by molar-refractivity contribution is -0.111. The van der Waals surface area contributed by atoms with E-state index in [2.05, 4.69) is 51.4 Å². The van der Waals surface area contributed by atoms with Crippen LogP contribution in [-0.2, 0) is 11.3 Å². The molecule has 136 valence electrons. The Kier molecular flexibility index (Phi) is 6.49. The van der Waals surface area contributed by atoms with E-state index in [1.807, 2.05) is 42.5 Å². The maximum Gasteiger partial charge on any atom is 0.248 e. The van der Waals surface area contributed by atoms with Crippen LogP contribution in [0.5, 0.6) is 0 Å². The number of para-hydroxylation sites is 2. The number of nitrogens with one attached hydrogen (secondary N) is 2. The van der Waals surface area contributed by atoms with Crippen molar-refractivity contribution in [2.24, 2.45) is 0 Å². The van der Waals surface area contributed by atoms with Gasteiger partial charge in [0.05, 0.1) is 11.4 Å². The number of amides is 1. The molecule has 0 heterocycles. The summed E-state index contributed by atoms with van der Waals surface area (Å²) in [6.07, 6.45) is 3.29. The Balaban J connectivity index is 1.54. The molecular weight excluding hydrogens is 449 g/mol. The maximum absolute atomic E-state index is 12.0. The number of nitrogen functional groups attached to an aromatic ring is 1. The third-order valence-electron chi connectivity index (χ3n) is 3.95. The van der Waals surface area contributed by atoms with Crippen molar-refractivity contribution in [3.8, 4) is 0 Å². The van der Waals surface area contributed by atoms with Crippen LogP contribution in [0.3, 0.4) is 0 Å². The number of nitrogens with two attached hydrogens (primary N) is 1. The van der Waals surface area contributed by atoms with Crippen LogP contribution in [0, 0.1) is 3.57 Å². The average Bonchev–Trinajstić information content (AvgIpc) is 2.67. The lowest BCUT2D eigenvalue weighted by atomic mass is 10.1. The molecule has 0 aliphatic heterocycles. The van der Waals surface area contributed by atoms with Crippen molar-refractivity contribution >= 4 is 51.6 Å². The van der Waals surface area contributed by atoms with Gasteiger partial charge in [0.15, 0.2) is 0 Å². The molecule has 0 spiro atoms. The van der Waals surface area contributed by atoms with E-state index >= 15 is 0 Å². The number of hydrogen-bond donors (Lipinski definition) is 3. The van der Waals surface area contributed by atoms with E-state index in [9.17, 15) is 4.79 Å². The van der Waals surface area contributed by atoms with Crippen molar-refractivity contribution < 1.29 is 4.79 Å². The molecular formula is C22H20IN3O. The van der Waals surface area contributed by atoms with E-state index in [0.717, 1.165) is 17.8 Å². The summed E-state index contributed by atoms with van der Waals surface area (Å²) in [4.78, 5) is 12.0. The molecule has 4 N–H and O–H groups in total. The first-order valence-electron chi connectivity index (χ1n) is 8.52. The van der Waals surface area contributed by atoms with Gasteiger partial charge < -0.3 is 16.4 Å². The quantitative estimate of drug-likeness (QED) is 0.266.